The first-order valence-electron chi connectivity index (χ1n) is 11.8. The molecule has 36 heavy (non-hydrogen) atoms. The molecule has 0 radical (unpaired) electrons. The summed E-state index contributed by atoms with van der Waals surface area (Å²) in [5, 5.41) is 4.67. The second-order valence-electron chi connectivity index (χ2n) is 9.28. The standard InChI is InChI=1S/C29H22N4O3/c1-16(2)26(33-28(35)18-9-3-4-10-19(18)29(33)36)27(34)32-21-13-7-8-17-14-24-25(15-20(17)21)31-23-12-6-5-11-22(23)30-24/h3-16,26H,1-2H3,(H,32,34)/t26-/m0/s1. The third-order valence-corrected chi connectivity index (χ3v) is 6.60. The van der Waals surface area contributed by atoms with Gasteiger partial charge in [-0.3, -0.25) is 19.3 Å². The van der Waals surface area contributed by atoms with Crippen molar-refractivity contribution in [3.05, 3.63) is 90.0 Å². The molecule has 1 aromatic heterocycles. The minimum absolute atomic E-state index is 0.291. The first-order valence-corrected chi connectivity index (χ1v) is 11.8. The highest BCUT2D eigenvalue weighted by molar-refractivity contribution is 6.23. The van der Waals surface area contributed by atoms with Gasteiger partial charge in [-0.05, 0) is 53.8 Å². The maximum absolute atomic E-state index is 13.6. The maximum atomic E-state index is 13.6. The van der Waals surface area contributed by atoms with Gasteiger partial charge in [-0.1, -0.05) is 50.2 Å². The topological polar surface area (TPSA) is 92.3 Å². The van der Waals surface area contributed by atoms with E-state index in [1.54, 1.807) is 30.3 Å². The Bertz CT molecular complexity index is 1690. The Morgan fingerprint density at radius 2 is 1.33 bits per heavy atom. The number of fused-ring (bicyclic) bond motifs is 4. The minimum Gasteiger partial charge on any atom is -0.324 e. The van der Waals surface area contributed by atoms with Crippen molar-refractivity contribution in [1.82, 2.24) is 14.9 Å². The number of hydrogen-bond donors (Lipinski definition) is 1. The van der Waals surface area contributed by atoms with E-state index >= 15 is 0 Å². The van der Waals surface area contributed by atoms with Crippen molar-refractivity contribution in [3.8, 4) is 0 Å². The Balaban J connectivity index is 1.39. The van der Waals surface area contributed by atoms with Crippen molar-refractivity contribution in [1.29, 1.82) is 0 Å². The number of benzene rings is 4. The lowest BCUT2D eigenvalue weighted by molar-refractivity contribution is -0.121. The average molecular weight is 475 g/mol. The third kappa shape index (κ3) is 3.40. The summed E-state index contributed by atoms with van der Waals surface area (Å²) >= 11 is 0. The fraction of sp³-hybridized carbons (Fsp3) is 0.138. The molecule has 0 unspecified atom stereocenters. The van der Waals surface area contributed by atoms with Crippen molar-refractivity contribution >= 4 is 56.2 Å². The Morgan fingerprint density at radius 3 is 1.94 bits per heavy atom. The van der Waals surface area contributed by atoms with Crippen LogP contribution in [-0.4, -0.2) is 38.6 Å². The molecule has 1 aliphatic rings. The molecule has 0 bridgehead atoms. The van der Waals surface area contributed by atoms with Crippen LogP contribution in [0.3, 0.4) is 0 Å². The van der Waals surface area contributed by atoms with Gasteiger partial charge in [0.2, 0.25) is 5.91 Å². The molecule has 4 aromatic carbocycles. The third-order valence-electron chi connectivity index (χ3n) is 6.60. The highest BCUT2D eigenvalue weighted by Gasteiger charge is 2.43. The molecule has 2 heterocycles. The van der Waals surface area contributed by atoms with Crippen LogP contribution in [0.5, 0.6) is 0 Å². The van der Waals surface area contributed by atoms with Crippen LogP contribution in [0.1, 0.15) is 34.6 Å². The van der Waals surface area contributed by atoms with Crippen molar-refractivity contribution in [3.63, 3.8) is 0 Å². The summed E-state index contributed by atoms with van der Waals surface area (Å²) in [7, 11) is 0. The van der Waals surface area contributed by atoms with Crippen LogP contribution in [0.2, 0.25) is 0 Å². The Kier molecular flexibility index (Phi) is 5.00. The van der Waals surface area contributed by atoms with E-state index in [-0.39, 0.29) is 5.92 Å². The van der Waals surface area contributed by atoms with E-state index < -0.39 is 23.8 Å². The summed E-state index contributed by atoms with van der Waals surface area (Å²) in [6, 6.07) is 22.8. The molecule has 0 spiro atoms. The van der Waals surface area contributed by atoms with Crippen LogP contribution in [0.4, 0.5) is 5.69 Å². The fourth-order valence-corrected chi connectivity index (χ4v) is 4.89. The molecule has 1 atom stereocenters. The van der Waals surface area contributed by atoms with E-state index in [9.17, 15) is 14.4 Å². The molecule has 0 saturated carbocycles. The zero-order valence-corrected chi connectivity index (χ0v) is 19.7. The number of rotatable bonds is 4. The van der Waals surface area contributed by atoms with E-state index in [0.717, 1.165) is 32.2 Å². The molecule has 7 heteroatoms. The number of carbonyl (C=O) groups is 3. The second kappa shape index (κ2) is 8.23. The first kappa shape index (κ1) is 21.9. The molecule has 6 rings (SSSR count). The molecule has 1 N–H and O–H groups in total. The minimum atomic E-state index is -0.961. The van der Waals surface area contributed by atoms with Crippen molar-refractivity contribution in [2.24, 2.45) is 5.92 Å². The highest BCUT2D eigenvalue weighted by atomic mass is 16.2. The molecule has 0 fully saturated rings. The summed E-state index contributed by atoms with van der Waals surface area (Å²) in [4.78, 5) is 50.3. The van der Waals surface area contributed by atoms with Crippen molar-refractivity contribution < 1.29 is 14.4 Å². The predicted octanol–water partition coefficient (Wildman–Crippen LogP) is 5.20. The smallest absolute Gasteiger partial charge is 0.262 e. The number of imide groups is 1. The molecule has 0 saturated heterocycles. The number of nitrogens with one attached hydrogen (secondary N) is 1. The number of para-hydroxylation sites is 2. The van der Waals surface area contributed by atoms with E-state index in [0.29, 0.717) is 22.3 Å². The fourth-order valence-electron chi connectivity index (χ4n) is 4.89. The Labute approximate surface area is 206 Å². The van der Waals surface area contributed by atoms with Gasteiger partial charge in [0.05, 0.1) is 33.2 Å². The summed E-state index contributed by atoms with van der Waals surface area (Å²) in [5.41, 5.74) is 4.30. The summed E-state index contributed by atoms with van der Waals surface area (Å²) in [6.07, 6.45) is 0. The molecular formula is C29H22N4O3. The van der Waals surface area contributed by atoms with Gasteiger partial charge in [0.1, 0.15) is 6.04 Å². The number of nitrogens with zero attached hydrogens (tertiary/aromatic N) is 3. The molecule has 0 aliphatic carbocycles. The maximum Gasteiger partial charge on any atom is 0.262 e. The monoisotopic (exact) mass is 474 g/mol. The number of aromatic nitrogens is 2. The van der Waals surface area contributed by atoms with Gasteiger partial charge >= 0.3 is 0 Å². The van der Waals surface area contributed by atoms with Crippen LogP contribution in [0.15, 0.2) is 78.9 Å². The number of carbonyl (C=O) groups excluding carboxylic acids is 3. The van der Waals surface area contributed by atoms with E-state index in [1.165, 1.54) is 0 Å². The lowest BCUT2D eigenvalue weighted by Crippen LogP contribution is -2.50. The lowest BCUT2D eigenvalue weighted by Gasteiger charge is -2.28. The Hall–Kier alpha value is -4.65. The molecule has 5 aromatic rings. The highest BCUT2D eigenvalue weighted by Crippen LogP contribution is 2.31. The van der Waals surface area contributed by atoms with Gasteiger partial charge in [-0.25, -0.2) is 9.97 Å². The molecule has 3 amide bonds. The van der Waals surface area contributed by atoms with Crippen LogP contribution in [0.25, 0.3) is 32.8 Å². The number of hydrogen-bond acceptors (Lipinski definition) is 5. The zero-order valence-electron chi connectivity index (χ0n) is 19.7. The predicted molar refractivity (Wildman–Crippen MR) is 139 cm³/mol. The average Bonchev–Trinajstić information content (AvgIpc) is 3.12. The number of anilines is 1. The largest absolute Gasteiger partial charge is 0.324 e. The first-order chi connectivity index (χ1) is 17.4. The number of amides is 3. The van der Waals surface area contributed by atoms with Crippen LogP contribution in [-0.2, 0) is 4.79 Å². The zero-order chi connectivity index (χ0) is 25.0. The van der Waals surface area contributed by atoms with Gasteiger partial charge < -0.3 is 5.32 Å². The molecule has 1 aliphatic heterocycles. The SMILES string of the molecule is CC(C)[C@@H](C(=O)Nc1cccc2cc3nc4ccccc4nc3cc12)N1C(=O)c2ccccc2C1=O. The normalized spacial score (nSPS) is 14.1. The second-order valence-corrected chi connectivity index (χ2v) is 9.28. The van der Waals surface area contributed by atoms with Gasteiger partial charge in [-0.15, -0.1) is 0 Å². The quantitative estimate of drug-likeness (QED) is 0.286. The molecule has 7 nitrogen and oxygen atoms in total. The van der Waals surface area contributed by atoms with Crippen molar-refractivity contribution in [2.75, 3.05) is 5.32 Å². The summed E-state index contributed by atoms with van der Waals surface area (Å²) in [6.45, 7) is 3.65. The van der Waals surface area contributed by atoms with Crippen LogP contribution >= 0.6 is 0 Å². The van der Waals surface area contributed by atoms with E-state index in [1.807, 2.05) is 62.4 Å². The van der Waals surface area contributed by atoms with E-state index in [2.05, 4.69) is 5.32 Å². The van der Waals surface area contributed by atoms with Gasteiger partial charge in [0, 0.05) is 11.1 Å². The van der Waals surface area contributed by atoms with Gasteiger partial charge in [0.15, 0.2) is 0 Å². The summed E-state index contributed by atoms with van der Waals surface area (Å²) < 4.78 is 0. The van der Waals surface area contributed by atoms with Crippen molar-refractivity contribution in [2.45, 2.75) is 19.9 Å². The molecular weight excluding hydrogens is 452 g/mol. The molecule has 176 valence electrons. The lowest BCUT2D eigenvalue weighted by atomic mass is 10.0. The summed E-state index contributed by atoms with van der Waals surface area (Å²) in [5.74, 6) is -1.61. The van der Waals surface area contributed by atoms with E-state index in [4.69, 9.17) is 9.97 Å². The van der Waals surface area contributed by atoms with Gasteiger partial charge in [0.25, 0.3) is 11.8 Å². The Morgan fingerprint density at radius 1 is 0.750 bits per heavy atom. The van der Waals surface area contributed by atoms with Crippen LogP contribution in [0, 0.1) is 5.92 Å². The van der Waals surface area contributed by atoms with Crippen LogP contribution < -0.4 is 5.32 Å². The van der Waals surface area contributed by atoms with Gasteiger partial charge in [-0.2, -0.15) is 0 Å².